The zero-order chi connectivity index (χ0) is 35.7. The van der Waals surface area contributed by atoms with E-state index in [4.69, 9.17) is 27.9 Å². The molecule has 2 amide bonds. The van der Waals surface area contributed by atoms with Gasteiger partial charge in [-0.3, -0.25) is 24.0 Å². The molecular formula is C35H36Cl2N4O7S. The fourth-order valence-corrected chi connectivity index (χ4v) is 6.86. The van der Waals surface area contributed by atoms with Crippen LogP contribution in [0.5, 0.6) is 5.75 Å². The monoisotopic (exact) mass is 726 g/mol. The van der Waals surface area contributed by atoms with Crippen LogP contribution in [-0.2, 0) is 32.6 Å². The SMILES string of the molecule is CCCNC(=O)[C@@H](Cc1ccccc1)N(Cc1ccc(Cl)c(Cl)c1)C(=O)CN(c1ccc(OC)cc1)S(=O)(=O)c1ccc(C)c([N+](=O)[O-])c1. The van der Waals surface area contributed by atoms with Crippen LogP contribution in [0.15, 0.2) is 95.9 Å². The average molecular weight is 728 g/mol. The molecule has 0 aliphatic rings. The molecule has 0 radical (unpaired) electrons. The molecule has 0 spiro atoms. The van der Waals surface area contributed by atoms with Crippen LogP contribution in [0.1, 0.15) is 30.0 Å². The van der Waals surface area contributed by atoms with Crippen LogP contribution in [0.2, 0.25) is 10.0 Å². The van der Waals surface area contributed by atoms with E-state index in [1.165, 1.54) is 55.3 Å². The van der Waals surface area contributed by atoms with E-state index in [-0.39, 0.29) is 39.8 Å². The van der Waals surface area contributed by atoms with Gasteiger partial charge in [0.1, 0.15) is 18.3 Å². The van der Waals surface area contributed by atoms with Crippen molar-refractivity contribution >= 4 is 56.4 Å². The lowest BCUT2D eigenvalue weighted by Gasteiger charge is -2.34. The molecule has 0 aliphatic heterocycles. The lowest BCUT2D eigenvalue weighted by molar-refractivity contribution is -0.385. The number of hydrogen-bond donors (Lipinski definition) is 1. The summed E-state index contributed by atoms with van der Waals surface area (Å²) in [6, 6.07) is 22.5. The van der Waals surface area contributed by atoms with Gasteiger partial charge in [-0.25, -0.2) is 8.42 Å². The van der Waals surface area contributed by atoms with Crippen molar-refractivity contribution in [3.05, 3.63) is 128 Å². The van der Waals surface area contributed by atoms with Gasteiger partial charge in [0.25, 0.3) is 15.7 Å². The molecular weight excluding hydrogens is 691 g/mol. The van der Waals surface area contributed by atoms with Gasteiger partial charge >= 0.3 is 0 Å². The molecule has 4 aromatic rings. The summed E-state index contributed by atoms with van der Waals surface area (Å²) in [4.78, 5) is 40.3. The Bertz CT molecular complexity index is 1910. The number of nitrogens with zero attached hydrogens (tertiary/aromatic N) is 3. The summed E-state index contributed by atoms with van der Waals surface area (Å²) >= 11 is 12.5. The van der Waals surface area contributed by atoms with Crippen molar-refractivity contribution in [2.24, 2.45) is 0 Å². The van der Waals surface area contributed by atoms with E-state index in [9.17, 15) is 28.1 Å². The number of rotatable bonds is 15. The lowest BCUT2D eigenvalue weighted by Crippen LogP contribution is -2.53. The van der Waals surface area contributed by atoms with Gasteiger partial charge in [-0.15, -0.1) is 0 Å². The summed E-state index contributed by atoms with van der Waals surface area (Å²) in [7, 11) is -3.12. The third-order valence-electron chi connectivity index (χ3n) is 7.76. The summed E-state index contributed by atoms with van der Waals surface area (Å²) in [5.41, 5.74) is 1.31. The first-order valence-corrected chi connectivity index (χ1v) is 17.5. The quantitative estimate of drug-likeness (QED) is 0.108. The number of nitro groups is 1. The number of amides is 2. The summed E-state index contributed by atoms with van der Waals surface area (Å²) in [5, 5.41) is 15.1. The molecule has 0 fully saturated rings. The minimum atomic E-state index is -4.58. The molecule has 0 aromatic heterocycles. The lowest BCUT2D eigenvalue weighted by atomic mass is 10.0. The van der Waals surface area contributed by atoms with Crippen molar-refractivity contribution in [2.45, 2.75) is 44.2 Å². The number of nitrogens with one attached hydrogen (secondary N) is 1. The highest BCUT2D eigenvalue weighted by Gasteiger charge is 2.35. The zero-order valence-electron chi connectivity index (χ0n) is 27.1. The number of ether oxygens (including phenoxy) is 1. The number of nitro benzene ring substituents is 1. The fourth-order valence-electron chi connectivity index (χ4n) is 5.11. The van der Waals surface area contributed by atoms with E-state index >= 15 is 0 Å². The summed E-state index contributed by atoms with van der Waals surface area (Å²) < 4.78 is 34.7. The normalized spacial score (nSPS) is 11.8. The Kier molecular flexibility index (Phi) is 12.6. The first-order chi connectivity index (χ1) is 23.3. The zero-order valence-corrected chi connectivity index (χ0v) is 29.5. The number of benzene rings is 4. The summed E-state index contributed by atoms with van der Waals surface area (Å²) in [5.74, 6) is -0.693. The molecule has 11 nitrogen and oxygen atoms in total. The number of carbonyl (C=O) groups is 2. The van der Waals surface area contributed by atoms with E-state index in [0.29, 0.717) is 29.3 Å². The van der Waals surface area contributed by atoms with Crippen LogP contribution in [0.3, 0.4) is 0 Å². The van der Waals surface area contributed by atoms with E-state index in [2.05, 4.69) is 5.32 Å². The van der Waals surface area contributed by atoms with Crippen LogP contribution in [-0.4, -0.2) is 56.3 Å². The average Bonchev–Trinajstić information content (AvgIpc) is 3.09. The van der Waals surface area contributed by atoms with Crippen LogP contribution in [0, 0.1) is 17.0 Å². The van der Waals surface area contributed by atoms with Gasteiger partial charge in [-0.1, -0.05) is 72.6 Å². The van der Waals surface area contributed by atoms with Crippen molar-refractivity contribution in [1.29, 1.82) is 0 Å². The number of halogens is 2. The molecule has 0 unspecified atom stereocenters. The summed E-state index contributed by atoms with van der Waals surface area (Å²) in [6.45, 7) is 2.90. The molecule has 0 bridgehead atoms. The van der Waals surface area contributed by atoms with Crippen molar-refractivity contribution in [1.82, 2.24) is 10.2 Å². The first-order valence-electron chi connectivity index (χ1n) is 15.3. The van der Waals surface area contributed by atoms with E-state index in [0.717, 1.165) is 15.9 Å². The van der Waals surface area contributed by atoms with Gasteiger partial charge < -0.3 is 15.0 Å². The molecule has 1 N–H and O–H groups in total. The first kappa shape index (κ1) is 37.2. The minimum absolute atomic E-state index is 0.0990. The second kappa shape index (κ2) is 16.6. The third-order valence-corrected chi connectivity index (χ3v) is 10.3. The molecule has 0 aliphatic carbocycles. The van der Waals surface area contributed by atoms with Crippen molar-refractivity contribution in [3.63, 3.8) is 0 Å². The number of hydrogen-bond acceptors (Lipinski definition) is 7. The Morgan fingerprint density at radius 3 is 2.24 bits per heavy atom. The van der Waals surface area contributed by atoms with E-state index in [1.807, 2.05) is 37.3 Å². The maximum absolute atomic E-state index is 14.6. The minimum Gasteiger partial charge on any atom is -0.497 e. The molecule has 1 atom stereocenters. The predicted molar refractivity (Wildman–Crippen MR) is 190 cm³/mol. The largest absolute Gasteiger partial charge is 0.497 e. The van der Waals surface area contributed by atoms with Gasteiger partial charge in [0.2, 0.25) is 11.8 Å². The highest BCUT2D eigenvalue weighted by molar-refractivity contribution is 7.92. The maximum atomic E-state index is 14.6. The molecule has 14 heteroatoms. The third kappa shape index (κ3) is 9.28. The Morgan fingerprint density at radius 1 is 0.939 bits per heavy atom. The van der Waals surface area contributed by atoms with Gasteiger partial charge in [0.15, 0.2) is 0 Å². The van der Waals surface area contributed by atoms with Crippen molar-refractivity contribution in [2.75, 3.05) is 24.5 Å². The second-order valence-electron chi connectivity index (χ2n) is 11.2. The number of anilines is 1. The highest BCUT2D eigenvalue weighted by atomic mass is 35.5. The highest BCUT2D eigenvalue weighted by Crippen LogP contribution is 2.30. The Labute approximate surface area is 295 Å². The van der Waals surface area contributed by atoms with E-state index < -0.39 is 39.3 Å². The number of carbonyl (C=O) groups excluding carboxylic acids is 2. The Morgan fingerprint density at radius 2 is 1.63 bits per heavy atom. The van der Waals surface area contributed by atoms with Gasteiger partial charge in [0, 0.05) is 31.1 Å². The second-order valence-corrected chi connectivity index (χ2v) is 13.9. The Balaban J connectivity index is 1.85. The molecule has 258 valence electrons. The van der Waals surface area contributed by atoms with Gasteiger partial charge in [0.05, 0.1) is 32.7 Å². The maximum Gasteiger partial charge on any atom is 0.273 e. The van der Waals surface area contributed by atoms with Crippen molar-refractivity contribution < 1.29 is 27.7 Å². The molecule has 4 aromatic carbocycles. The van der Waals surface area contributed by atoms with Gasteiger partial charge in [-0.05, 0) is 66.9 Å². The number of sulfonamides is 1. The Hall–Kier alpha value is -4.65. The standard InChI is InChI=1S/C35H36Cl2N4O7S/c1-4-18-38-35(43)33(20-25-8-6-5-7-9-25)39(22-26-11-17-30(36)31(37)19-26)34(42)23-40(27-12-14-28(48-3)15-13-27)49(46,47)29-16-10-24(2)32(21-29)41(44)45/h5-17,19,21,33H,4,18,20,22-23H2,1-3H3,(H,38,43)/t33-/m1/s1. The predicted octanol–water partition coefficient (Wildman–Crippen LogP) is 6.58. The molecule has 4 rings (SSSR count). The fraction of sp³-hybridized carbons (Fsp3) is 0.257. The topological polar surface area (TPSA) is 139 Å². The van der Waals surface area contributed by atoms with Gasteiger partial charge in [-0.2, -0.15) is 0 Å². The van der Waals surface area contributed by atoms with Crippen LogP contribution in [0.4, 0.5) is 11.4 Å². The number of aryl methyl sites for hydroxylation is 1. The summed E-state index contributed by atoms with van der Waals surface area (Å²) in [6.07, 6.45) is 0.777. The smallest absolute Gasteiger partial charge is 0.273 e. The molecule has 0 heterocycles. The molecule has 0 saturated heterocycles. The van der Waals surface area contributed by atoms with Crippen molar-refractivity contribution in [3.8, 4) is 5.75 Å². The number of methoxy groups -OCH3 is 1. The van der Waals surface area contributed by atoms with Crippen LogP contribution in [0.25, 0.3) is 0 Å². The van der Waals surface area contributed by atoms with Crippen LogP contribution < -0.4 is 14.4 Å². The molecule has 49 heavy (non-hydrogen) atoms. The van der Waals surface area contributed by atoms with Crippen LogP contribution >= 0.6 is 23.2 Å². The van der Waals surface area contributed by atoms with E-state index in [1.54, 1.807) is 18.2 Å². The molecule has 0 saturated carbocycles.